The first kappa shape index (κ1) is 19.0. The van der Waals surface area contributed by atoms with Crippen LogP contribution in [0.5, 0.6) is 0 Å². The van der Waals surface area contributed by atoms with Gasteiger partial charge < -0.3 is 0 Å². The zero-order chi connectivity index (χ0) is 19.8. The van der Waals surface area contributed by atoms with Crippen molar-refractivity contribution in [3.63, 3.8) is 0 Å². The zero-order valence-electron chi connectivity index (χ0n) is 14.4. The number of sulfonamides is 1. The third-order valence-electron chi connectivity index (χ3n) is 3.92. The van der Waals surface area contributed by atoms with Crippen molar-refractivity contribution >= 4 is 15.7 Å². The molecule has 0 spiro atoms. The molecular formula is C18H16F3N3O2S. The highest BCUT2D eigenvalue weighted by Gasteiger charge is 2.31. The summed E-state index contributed by atoms with van der Waals surface area (Å²) in [5.41, 5.74) is 1.34. The Morgan fingerprint density at radius 2 is 1.78 bits per heavy atom. The molecule has 0 aliphatic carbocycles. The number of hydrogen-bond acceptors (Lipinski definition) is 3. The molecule has 0 fully saturated rings. The van der Waals surface area contributed by atoms with Crippen LogP contribution in [-0.2, 0) is 16.2 Å². The number of anilines is 1. The number of aromatic amines is 1. The lowest BCUT2D eigenvalue weighted by Gasteiger charge is -2.13. The molecule has 0 saturated heterocycles. The lowest BCUT2D eigenvalue weighted by molar-refractivity contribution is -0.137. The molecule has 27 heavy (non-hydrogen) atoms. The van der Waals surface area contributed by atoms with Gasteiger partial charge in [-0.25, -0.2) is 8.42 Å². The van der Waals surface area contributed by atoms with Crippen LogP contribution in [0.25, 0.3) is 11.3 Å². The van der Waals surface area contributed by atoms with Gasteiger partial charge in [0.25, 0.3) is 10.0 Å². The molecule has 0 unspecified atom stereocenters. The Bertz CT molecular complexity index is 1090. The van der Waals surface area contributed by atoms with Gasteiger partial charge >= 0.3 is 6.18 Å². The molecular weight excluding hydrogens is 379 g/mol. The molecule has 5 nitrogen and oxygen atoms in total. The number of nitrogens with one attached hydrogen (secondary N) is 2. The second kappa shape index (κ2) is 6.73. The standard InChI is InChI=1S/C18H16F3N3O2S/c1-11-6-7-13(16-8-12(2)22-23-16)9-17(11)27(25,26)24-15-5-3-4-14(10-15)18(19,20)21/h3-10,24H,1-2H3,(H,22,23). The van der Waals surface area contributed by atoms with Gasteiger partial charge in [0.05, 0.1) is 16.2 Å². The van der Waals surface area contributed by atoms with E-state index < -0.39 is 21.8 Å². The number of rotatable bonds is 4. The van der Waals surface area contributed by atoms with Crippen LogP contribution in [0.1, 0.15) is 16.8 Å². The van der Waals surface area contributed by atoms with Gasteiger partial charge in [-0.05, 0) is 49.7 Å². The van der Waals surface area contributed by atoms with Crippen molar-refractivity contribution in [2.24, 2.45) is 0 Å². The van der Waals surface area contributed by atoms with E-state index >= 15 is 0 Å². The van der Waals surface area contributed by atoms with E-state index in [1.165, 1.54) is 12.1 Å². The van der Waals surface area contributed by atoms with Crippen molar-refractivity contribution in [1.29, 1.82) is 0 Å². The Morgan fingerprint density at radius 1 is 1.04 bits per heavy atom. The lowest BCUT2D eigenvalue weighted by Crippen LogP contribution is -2.15. The summed E-state index contributed by atoms with van der Waals surface area (Å²) in [6.45, 7) is 3.43. The first-order valence-electron chi connectivity index (χ1n) is 7.89. The van der Waals surface area contributed by atoms with E-state index in [4.69, 9.17) is 0 Å². The highest BCUT2D eigenvalue weighted by molar-refractivity contribution is 7.92. The molecule has 0 aliphatic heterocycles. The van der Waals surface area contributed by atoms with Crippen LogP contribution in [-0.4, -0.2) is 18.6 Å². The first-order valence-corrected chi connectivity index (χ1v) is 9.38. The van der Waals surface area contributed by atoms with E-state index in [-0.39, 0.29) is 10.6 Å². The van der Waals surface area contributed by atoms with Gasteiger partial charge in [0.1, 0.15) is 0 Å². The molecule has 1 heterocycles. The number of nitrogens with zero attached hydrogens (tertiary/aromatic N) is 1. The van der Waals surface area contributed by atoms with Crippen molar-refractivity contribution in [3.05, 3.63) is 65.4 Å². The first-order chi connectivity index (χ1) is 12.6. The smallest absolute Gasteiger partial charge is 0.282 e. The van der Waals surface area contributed by atoms with Crippen LogP contribution < -0.4 is 4.72 Å². The Hall–Kier alpha value is -2.81. The summed E-state index contributed by atoms with van der Waals surface area (Å²) in [6, 6.07) is 10.6. The fourth-order valence-electron chi connectivity index (χ4n) is 2.58. The molecule has 2 aromatic carbocycles. The molecule has 2 N–H and O–H groups in total. The summed E-state index contributed by atoms with van der Waals surface area (Å²) in [5, 5.41) is 6.87. The Balaban J connectivity index is 1.98. The molecule has 3 aromatic rings. The van der Waals surface area contributed by atoms with Crippen LogP contribution in [0.2, 0.25) is 0 Å². The second-order valence-corrected chi connectivity index (χ2v) is 7.75. The second-order valence-electron chi connectivity index (χ2n) is 6.10. The molecule has 142 valence electrons. The van der Waals surface area contributed by atoms with E-state index in [0.29, 0.717) is 16.8 Å². The Kier molecular flexibility index (Phi) is 4.73. The predicted octanol–water partition coefficient (Wildman–Crippen LogP) is 4.51. The molecule has 0 amide bonds. The van der Waals surface area contributed by atoms with Gasteiger partial charge in [0, 0.05) is 16.9 Å². The number of hydrogen-bond donors (Lipinski definition) is 2. The summed E-state index contributed by atoms with van der Waals surface area (Å²) in [7, 11) is -4.09. The van der Waals surface area contributed by atoms with Gasteiger partial charge in [-0.2, -0.15) is 18.3 Å². The monoisotopic (exact) mass is 395 g/mol. The highest BCUT2D eigenvalue weighted by atomic mass is 32.2. The summed E-state index contributed by atoms with van der Waals surface area (Å²) < 4.78 is 66.2. The maximum Gasteiger partial charge on any atom is 0.416 e. The predicted molar refractivity (Wildman–Crippen MR) is 95.8 cm³/mol. The molecule has 0 bridgehead atoms. The minimum absolute atomic E-state index is 0.0296. The Labute approximate surface area is 154 Å². The van der Waals surface area contributed by atoms with Crippen molar-refractivity contribution in [3.8, 4) is 11.3 Å². The van der Waals surface area contributed by atoms with Crippen LogP contribution in [0.15, 0.2) is 53.4 Å². The summed E-state index contributed by atoms with van der Waals surface area (Å²) in [6.07, 6.45) is -4.56. The van der Waals surface area contributed by atoms with E-state index in [9.17, 15) is 21.6 Å². The van der Waals surface area contributed by atoms with Gasteiger partial charge in [0.15, 0.2) is 0 Å². The number of benzene rings is 2. The van der Waals surface area contributed by atoms with Crippen molar-refractivity contribution in [2.75, 3.05) is 4.72 Å². The average Bonchev–Trinajstić information content (AvgIpc) is 3.00. The Morgan fingerprint density at radius 3 is 2.41 bits per heavy atom. The summed E-state index contributed by atoms with van der Waals surface area (Å²) >= 11 is 0. The van der Waals surface area contributed by atoms with Gasteiger partial charge in [-0.15, -0.1) is 0 Å². The van der Waals surface area contributed by atoms with Gasteiger partial charge in [-0.3, -0.25) is 9.82 Å². The summed E-state index contributed by atoms with van der Waals surface area (Å²) in [4.78, 5) is -0.0296. The van der Waals surface area contributed by atoms with E-state index in [0.717, 1.165) is 23.9 Å². The van der Waals surface area contributed by atoms with E-state index in [2.05, 4.69) is 14.9 Å². The minimum Gasteiger partial charge on any atom is -0.282 e. The average molecular weight is 395 g/mol. The third-order valence-corrected chi connectivity index (χ3v) is 5.44. The maximum atomic E-state index is 12.8. The largest absolute Gasteiger partial charge is 0.416 e. The third kappa shape index (κ3) is 4.13. The van der Waals surface area contributed by atoms with Crippen LogP contribution in [0, 0.1) is 13.8 Å². The van der Waals surface area contributed by atoms with Crippen molar-refractivity contribution < 1.29 is 21.6 Å². The number of aromatic nitrogens is 2. The maximum absolute atomic E-state index is 12.8. The lowest BCUT2D eigenvalue weighted by atomic mass is 10.1. The molecule has 0 radical (unpaired) electrons. The fourth-order valence-corrected chi connectivity index (χ4v) is 3.91. The molecule has 9 heteroatoms. The molecule has 1 aromatic heterocycles. The SMILES string of the molecule is Cc1cc(-c2ccc(C)c(S(=O)(=O)Nc3cccc(C(F)(F)F)c3)c2)n[nH]1. The number of halogens is 3. The number of alkyl halides is 3. The van der Waals surface area contributed by atoms with Gasteiger partial charge in [0.2, 0.25) is 0 Å². The minimum atomic E-state index is -4.56. The van der Waals surface area contributed by atoms with Crippen LogP contribution in [0.4, 0.5) is 18.9 Å². The number of H-pyrrole nitrogens is 1. The van der Waals surface area contributed by atoms with Crippen molar-refractivity contribution in [2.45, 2.75) is 24.9 Å². The van der Waals surface area contributed by atoms with Crippen LogP contribution >= 0.6 is 0 Å². The zero-order valence-corrected chi connectivity index (χ0v) is 15.2. The molecule has 0 atom stereocenters. The molecule has 3 rings (SSSR count). The van der Waals surface area contributed by atoms with E-state index in [1.54, 1.807) is 25.1 Å². The number of aryl methyl sites for hydroxylation is 2. The quantitative estimate of drug-likeness (QED) is 0.682. The van der Waals surface area contributed by atoms with Crippen LogP contribution in [0.3, 0.4) is 0 Å². The topological polar surface area (TPSA) is 74.8 Å². The fraction of sp³-hybridized carbons (Fsp3) is 0.167. The van der Waals surface area contributed by atoms with E-state index in [1.807, 2.05) is 6.92 Å². The van der Waals surface area contributed by atoms with Crippen molar-refractivity contribution in [1.82, 2.24) is 10.2 Å². The highest BCUT2D eigenvalue weighted by Crippen LogP contribution is 2.32. The molecule has 0 saturated carbocycles. The van der Waals surface area contributed by atoms with Gasteiger partial charge in [-0.1, -0.05) is 18.2 Å². The molecule has 0 aliphatic rings. The summed E-state index contributed by atoms with van der Waals surface area (Å²) in [5.74, 6) is 0. The normalized spacial score (nSPS) is 12.2.